The number of methoxy groups -OCH3 is 1. The molecule has 0 radical (unpaired) electrons. The van der Waals surface area contributed by atoms with Crippen molar-refractivity contribution in [2.75, 3.05) is 7.11 Å². The van der Waals surface area contributed by atoms with Gasteiger partial charge in [0.2, 0.25) is 5.89 Å². The Bertz CT molecular complexity index is 1140. The molecule has 4 heteroatoms. The van der Waals surface area contributed by atoms with Crippen LogP contribution in [0.3, 0.4) is 0 Å². The SMILES string of the molecule is COc1cc(/C=C/C=C/c2nc3c(ccc4ccccc43)o2)ccc1O. The molecular formula is C22H17NO3. The fraction of sp³-hybridized carbons (Fsp3) is 0.0455. The third kappa shape index (κ3) is 3.05. The molecule has 0 aliphatic carbocycles. The number of benzene rings is 3. The quantitative estimate of drug-likeness (QED) is 0.503. The zero-order chi connectivity index (χ0) is 17.9. The Morgan fingerprint density at radius 2 is 1.85 bits per heavy atom. The van der Waals surface area contributed by atoms with Gasteiger partial charge in [0.15, 0.2) is 17.1 Å². The summed E-state index contributed by atoms with van der Waals surface area (Å²) in [5.41, 5.74) is 2.57. The summed E-state index contributed by atoms with van der Waals surface area (Å²) in [5, 5.41) is 11.8. The second-order valence-electron chi connectivity index (χ2n) is 5.84. The third-order valence-electron chi connectivity index (χ3n) is 4.14. The van der Waals surface area contributed by atoms with E-state index in [4.69, 9.17) is 9.15 Å². The molecule has 0 bridgehead atoms. The van der Waals surface area contributed by atoms with Crippen molar-refractivity contribution in [2.45, 2.75) is 0 Å². The largest absolute Gasteiger partial charge is 0.504 e. The molecule has 4 aromatic rings. The maximum Gasteiger partial charge on any atom is 0.220 e. The monoisotopic (exact) mass is 343 g/mol. The minimum absolute atomic E-state index is 0.124. The Morgan fingerprint density at radius 3 is 2.73 bits per heavy atom. The number of rotatable bonds is 4. The first kappa shape index (κ1) is 16.0. The molecule has 0 aliphatic heterocycles. The molecule has 4 rings (SSSR count). The van der Waals surface area contributed by atoms with Gasteiger partial charge < -0.3 is 14.3 Å². The Balaban J connectivity index is 1.58. The first-order chi connectivity index (χ1) is 12.7. The Kier molecular flexibility index (Phi) is 4.15. The van der Waals surface area contributed by atoms with Crippen molar-refractivity contribution in [1.29, 1.82) is 0 Å². The van der Waals surface area contributed by atoms with E-state index in [2.05, 4.69) is 11.1 Å². The number of oxazole rings is 1. The molecule has 0 amide bonds. The molecule has 1 heterocycles. The van der Waals surface area contributed by atoms with Crippen LogP contribution in [-0.4, -0.2) is 17.2 Å². The Hall–Kier alpha value is -3.53. The first-order valence-corrected chi connectivity index (χ1v) is 8.24. The fourth-order valence-electron chi connectivity index (χ4n) is 2.85. The van der Waals surface area contributed by atoms with Crippen molar-refractivity contribution >= 4 is 34.0 Å². The molecule has 4 nitrogen and oxygen atoms in total. The second-order valence-corrected chi connectivity index (χ2v) is 5.84. The summed E-state index contributed by atoms with van der Waals surface area (Å²) in [6, 6.07) is 17.3. The molecule has 0 fully saturated rings. The standard InChI is InChI=1S/C22H17NO3/c1-25-20-14-15(10-12-18(20)24)6-2-5-9-21-23-22-17-8-4-3-7-16(17)11-13-19(22)26-21/h2-14,24H,1H3/b6-2+,9-5+. The predicted molar refractivity (Wildman–Crippen MR) is 104 cm³/mol. The topological polar surface area (TPSA) is 55.5 Å². The van der Waals surface area contributed by atoms with Gasteiger partial charge in [-0.3, -0.25) is 0 Å². The van der Waals surface area contributed by atoms with E-state index in [0.29, 0.717) is 11.6 Å². The lowest BCUT2D eigenvalue weighted by Gasteiger charge is -2.03. The zero-order valence-electron chi connectivity index (χ0n) is 14.2. The van der Waals surface area contributed by atoms with Gasteiger partial charge in [-0.15, -0.1) is 0 Å². The fourth-order valence-corrected chi connectivity index (χ4v) is 2.85. The number of allylic oxidation sites excluding steroid dienone is 2. The number of phenols is 1. The van der Waals surface area contributed by atoms with Crippen molar-refractivity contribution in [3.8, 4) is 11.5 Å². The lowest BCUT2D eigenvalue weighted by molar-refractivity contribution is 0.373. The lowest BCUT2D eigenvalue weighted by atomic mass is 10.1. The van der Waals surface area contributed by atoms with Crippen molar-refractivity contribution in [3.63, 3.8) is 0 Å². The number of aromatic nitrogens is 1. The Labute approximate surface area is 150 Å². The van der Waals surface area contributed by atoms with Gasteiger partial charge in [0, 0.05) is 11.5 Å². The summed E-state index contributed by atoms with van der Waals surface area (Å²) in [6.07, 6.45) is 7.49. The molecule has 0 unspecified atom stereocenters. The number of fused-ring (bicyclic) bond motifs is 3. The van der Waals surface area contributed by atoms with Crippen LogP contribution < -0.4 is 4.74 Å². The molecule has 128 valence electrons. The number of phenolic OH excluding ortho intramolecular Hbond substituents is 1. The average Bonchev–Trinajstić information content (AvgIpc) is 3.10. The minimum Gasteiger partial charge on any atom is -0.504 e. The van der Waals surface area contributed by atoms with Crippen LogP contribution in [0.2, 0.25) is 0 Å². The minimum atomic E-state index is 0.124. The van der Waals surface area contributed by atoms with Crippen LogP contribution in [0.1, 0.15) is 11.5 Å². The highest BCUT2D eigenvalue weighted by molar-refractivity contribution is 6.03. The van der Waals surface area contributed by atoms with Crippen molar-refractivity contribution < 1.29 is 14.3 Å². The zero-order valence-corrected chi connectivity index (χ0v) is 14.2. The van der Waals surface area contributed by atoms with Gasteiger partial charge in [0.1, 0.15) is 5.52 Å². The number of ether oxygens (including phenoxy) is 1. The number of hydrogen-bond acceptors (Lipinski definition) is 4. The first-order valence-electron chi connectivity index (χ1n) is 8.24. The molecule has 0 spiro atoms. The van der Waals surface area contributed by atoms with E-state index in [1.807, 2.05) is 60.7 Å². The van der Waals surface area contributed by atoms with Gasteiger partial charge >= 0.3 is 0 Å². The highest BCUT2D eigenvalue weighted by Gasteiger charge is 2.06. The normalized spacial score (nSPS) is 11.9. The van der Waals surface area contributed by atoms with Gasteiger partial charge in [-0.2, -0.15) is 0 Å². The molecule has 0 saturated carbocycles. The van der Waals surface area contributed by atoms with E-state index in [1.54, 1.807) is 12.1 Å². The number of hydrogen-bond donors (Lipinski definition) is 1. The third-order valence-corrected chi connectivity index (χ3v) is 4.14. The smallest absolute Gasteiger partial charge is 0.220 e. The molecule has 3 aromatic carbocycles. The number of aromatic hydroxyl groups is 1. The highest BCUT2D eigenvalue weighted by atomic mass is 16.5. The maximum absolute atomic E-state index is 9.62. The number of nitrogens with zero attached hydrogens (tertiary/aromatic N) is 1. The lowest BCUT2D eigenvalue weighted by Crippen LogP contribution is -1.83. The second kappa shape index (κ2) is 6.76. The summed E-state index contributed by atoms with van der Waals surface area (Å²) in [4.78, 5) is 4.58. The van der Waals surface area contributed by atoms with Gasteiger partial charge in [0.25, 0.3) is 0 Å². The average molecular weight is 343 g/mol. The molecule has 1 aromatic heterocycles. The van der Waals surface area contributed by atoms with E-state index in [-0.39, 0.29) is 5.75 Å². The van der Waals surface area contributed by atoms with Crippen molar-refractivity contribution in [2.24, 2.45) is 0 Å². The molecule has 0 atom stereocenters. The van der Waals surface area contributed by atoms with Crippen molar-refractivity contribution in [1.82, 2.24) is 4.98 Å². The molecule has 0 aliphatic rings. The molecule has 1 N–H and O–H groups in total. The highest BCUT2D eigenvalue weighted by Crippen LogP contribution is 2.27. The van der Waals surface area contributed by atoms with Gasteiger partial charge in [0.05, 0.1) is 7.11 Å². The van der Waals surface area contributed by atoms with Crippen LogP contribution in [0.15, 0.2) is 71.2 Å². The summed E-state index contributed by atoms with van der Waals surface area (Å²) in [7, 11) is 1.53. The van der Waals surface area contributed by atoms with E-state index in [9.17, 15) is 5.11 Å². The summed E-state index contributed by atoms with van der Waals surface area (Å²) < 4.78 is 10.9. The van der Waals surface area contributed by atoms with E-state index < -0.39 is 0 Å². The predicted octanol–water partition coefficient (Wildman–Crippen LogP) is 5.42. The molecule has 0 saturated heterocycles. The van der Waals surface area contributed by atoms with Gasteiger partial charge in [-0.25, -0.2) is 4.98 Å². The van der Waals surface area contributed by atoms with E-state index in [0.717, 1.165) is 27.4 Å². The summed E-state index contributed by atoms with van der Waals surface area (Å²) in [6.45, 7) is 0. The van der Waals surface area contributed by atoms with Crippen LogP contribution >= 0.6 is 0 Å². The van der Waals surface area contributed by atoms with Crippen LogP contribution in [-0.2, 0) is 0 Å². The van der Waals surface area contributed by atoms with E-state index >= 15 is 0 Å². The van der Waals surface area contributed by atoms with Crippen LogP contribution in [0.25, 0.3) is 34.0 Å². The van der Waals surface area contributed by atoms with Crippen LogP contribution in [0.5, 0.6) is 11.5 Å². The molecular weight excluding hydrogens is 326 g/mol. The van der Waals surface area contributed by atoms with Crippen molar-refractivity contribution in [3.05, 3.63) is 78.2 Å². The summed E-state index contributed by atoms with van der Waals surface area (Å²) >= 11 is 0. The summed E-state index contributed by atoms with van der Waals surface area (Å²) in [5.74, 6) is 1.13. The van der Waals surface area contributed by atoms with Gasteiger partial charge in [-0.1, -0.05) is 54.6 Å². The van der Waals surface area contributed by atoms with E-state index in [1.165, 1.54) is 7.11 Å². The van der Waals surface area contributed by atoms with Gasteiger partial charge in [-0.05, 0) is 29.1 Å². The maximum atomic E-state index is 9.62. The Morgan fingerprint density at radius 1 is 1.00 bits per heavy atom. The molecule has 26 heavy (non-hydrogen) atoms. The van der Waals surface area contributed by atoms with Crippen LogP contribution in [0.4, 0.5) is 0 Å². The van der Waals surface area contributed by atoms with Crippen LogP contribution in [0, 0.1) is 0 Å².